The van der Waals surface area contributed by atoms with Crippen molar-refractivity contribution in [1.29, 1.82) is 5.26 Å². The van der Waals surface area contributed by atoms with Crippen LogP contribution in [-0.2, 0) is 9.59 Å². The molecule has 3 aromatic rings. The van der Waals surface area contributed by atoms with Gasteiger partial charge in [0.15, 0.2) is 11.5 Å². The number of hydrogen-bond donors (Lipinski definition) is 2. The first-order valence-corrected chi connectivity index (χ1v) is 19.8. The fraction of sp³-hybridized carbons (Fsp3) is 0.512. The highest BCUT2D eigenvalue weighted by atomic mass is 35.5. The first kappa shape index (κ1) is 36.3. The molecule has 0 bridgehead atoms. The third-order valence-electron chi connectivity index (χ3n) is 12.5. The van der Waals surface area contributed by atoms with E-state index >= 15 is 0 Å². The van der Waals surface area contributed by atoms with E-state index in [2.05, 4.69) is 60.7 Å². The summed E-state index contributed by atoms with van der Waals surface area (Å²) in [4.78, 5) is 46.1. The van der Waals surface area contributed by atoms with Crippen LogP contribution >= 0.6 is 11.6 Å². The van der Waals surface area contributed by atoms with Crippen LogP contribution in [0.2, 0.25) is 5.02 Å². The van der Waals surface area contributed by atoms with Crippen LogP contribution in [0.4, 0.5) is 17.2 Å². The Bertz CT molecular complexity index is 1930. The lowest BCUT2D eigenvalue weighted by molar-refractivity contribution is -0.133. The second-order valence-corrected chi connectivity index (χ2v) is 16.6. The predicted molar refractivity (Wildman–Crippen MR) is 208 cm³/mol. The van der Waals surface area contributed by atoms with Crippen molar-refractivity contribution in [2.45, 2.75) is 69.9 Å². The molecule has 2 aromatic carbocycles. The van der Waals surface area contributed by atoms with Crippen LogP contribution in [0.15, 0.2) is 54.6 Å². The number of nitriles is 1. The molecule has 8 rings (SSSR count). The molecule has 3 amide bonds. The van der Waals surface area contributed by atoms with Gasteiger partial charge in [0.25, 0.3) is 5.91 Å². The van der Waals surface area contributed by atoms with Gasteiger partial charge in [0.05, 0.1) is 10.6 Å². The SMILES string of the molecule is C[C@H]1CC2(CCN(c3ccc(C(=O)N4CC(CN5CCC(c6cccc(N[C@H]7CCC(=O)NC7=O)c6)CC5)C4)nn3)CC2)CN1c1ccc(C#N)c(Cl)c1. The highest BCUT2D eigenvalue weighted by Gasteiger charge is 2.44. The van der Waals surface area contributed by atoms with Crippen LogP contribution in [0.1, 0.15) is 79.4 Å². The fourth-order valence-electron chi connectivity index (χ4n) is 9.36. The molecule has 6 heterocycles. The molecule has 5 aliphatic heterocycles. The van der Waals surface area contributed by atoms with Gasteiger partial charge in [-0.25, -0.2) is 0 Å². The molecule has 54 heavy (non-hydrogen) atoms. The summed E-state index contributed by atoms with van der Waals surface area (Å²) in [6, 6.07) is 20.0. The molecular formula is C41H48ClN9O3. The standard InChI is InChI=1S/C41H48ClN9O3/c1-27-21-41(26-51(27)33-6-5-31(22-43)34(42)20-33)13-17-49(18-14-41)37-9-7-36(46-47-37)40(54)50-24-28(25-50)23-48-15-11-29(12-16-48)30-3-2-4-32(19-30)44-35-8-10-38(52)45-39(35)53/h2-7,9,19-20,27-29,35,44H,8,10-18,21,23-26H2,1H3,(H,45,52,53)/t27-,35-/m0/s1. The van der Waals surface area contributed by atoms with E-state index in [1.165, 1.54) is 5.56 Å². The van der Waals surface area contributed by atoms with Gasteiger partial charge in [0, 0.05) is 69.0 Å². The number of aromatic nitrogens is 2. The van der Waals surface area contributed by atoms with Crippen molar-refractivity contribution in [2.75, 3.05) is 67.5 Å². The monoisotopic (exact) mass is 749 g/mol. The summed E-state index contributed by atoms with van der Waals surface area (Å²) >= 11 is 6.36. The van der Waals surface area contributed by atoms with Gasteiger partial charge in [-0.3, -0.25) is 19.7 Å². The summed E-state index contributed by atoms with van der Waals surface area (Å²) < 4.78 is 0. The molecule has 1 aromatic heterocycles. The van der Waals surface area contributed by atoms with Gasteiger partial charge in [-0.2, -0.15) is 5.26 Å². The molecule has 5 saturated heterocycles. The number of carbonyl (C=O) groups is 3. The van der Waals surface area contributed by atoms with Gasteiger partial charge < -0.3 is 24.9 Å². The Morgan fingerprint density at radius 1 is 1.02 bits per heavy atom. The number of piperidine rings is 3. The second-order valence-electron chi connectivity index (χ2n) is 16.1. The maximum absolute atomic E-state index is 13.3. The number of rotatable bonds is 8. The molecule has 12 nitrogen and oxygen atoms in total. The highest BCUT2D eigenvalue weighted by Crippen LogP contribution is 2.46. The molecule has 1 spiro atoms. The Labute approximate surface area is 321 Å². The minimum absolute atomic E-state index is 0.0460. The van der Waals surface area contributed by atoms with Crippen LogP contribution in [0.3, 0.4) is 0 Å². The van der Waals surface area contributed by atoms with Crippen LogP contribution in [0, 0.1) is 22.7 Å². The largest absolute Gasteiger partial charge is 0.374 e. The first-order chi connectivity index (χ1) is 26.1. The maximum Gasteiger partial charge on any atom is 0.274 e. The lowest BCUT2D eigenvalue weighted by atomic mass is 9.77. The maximum atomic E-state index is 13.3. The molecule has 0 saturated carbocycles. The molecule has 0 aliphatic carbocycles. The van der Waals surface area contributed by atoms with Crippen molar-refractivity contribution < 1.29 is 14.4 Å². The van der Waals surface area contributed by atoms with Gasteiger partial charge in [-0.15, -0.1) is 10.2 Å². The summed E-state index contributed by atoms with van der Waals surface area (Å²) in [6.45, 7) is 9.57. The topological polar surface area (TPSA) is 138 Å². The number of nitrogens with one attached hydrogen (secondary N) is 2. The van der Waals surface area contributed by atoms with Crippen LogP contribution in [0.5, 0.6) is 0 Å². The Hall–Kier alpha value is -4.73. The van der Waals surface area contributed by atoms with E-state index in [4.69, 9.17) is 11.6 Å². The van der Waals surface area contributed by atoms with Crippen molar-refractivity contribution in [1.82, 2.24) is 25.3 Å². The number of benzene rings is 2. The van der Waals surface area contributed by atoms with E-state index in [0.717, 1.165) is 102 Å². The van der Waals surface area contributed by atoms with E-state index in [0.29, 0.717) is 47.0 Å². The number of likely N-dealkylation sites (tertiary alicyclic amines) is 2. The molecular weight excluding hydrogens is 702 g/mol. The Kier molecular flexibility index (Phi) is 10.2. The van der Waals surface area contributed by atoms with Crippen LogP contribution in [-0.4, -0.2) is 102 Å². The molecule has 5 aliphatic rings. The molecule has 5 fully saturated rings. The number of anilines is 3. The molecule has 0 radical (unpaired) electrons. The summed E-state index contributed by atoms with van der Waals surface area (Å²) in [5, 5.41) is 24.4. The smallest absolute Gasteiger partial charge is 0.274 e. The van der Waals surface area contributed by atoms with Crippen molar-refractivity contribution in [3.8, 4) is 6.07 Å². The molecule has 282 valence electrons. The first-order valence-electron chi connectivity index (χ1n) is 19.4. The quantitative estimate of drug-likeness (QED) is 0.301. The highest BCUT2D eigenvalue weighted by molar-refractivity contribution is 6.32. The minimum atomic E-state index is -0.383. The number of hydrogen-bond acceptors (Lipinski definition) is 10. The summed E-state index contributed by atoms with van der Waals surface area (Å²) in [5.74, 6) is 1.25. The summed E-state index contributed by atoms with van der Waals surface area (Å²) in [6.07, 6.45) is 6.25. The summed E-state index contributed by atoms with van der Waals surface area (Å²) in [7, 11) is 0. The number of imide groups is 1. The number of amides is 3. The van der Waals surface area contributed by atoms with Gasteiger partial charge >= 0.3 is 0 Å². The molecule has 2 N–H and O–H groups in total. The zero-order chi connectivity index (χ0) is 37.4. The van der Waals surface area contributed by atoms with E-state index in [1.807, 2.05) is 47.4 Å². The molecule has 13 heteroatoms. The van der Waals surface area contributed by atoms with Crippen molar-refractivity contribution in [3.63, 3.8) is 0 Å². The number of carbonyl (C=O) groups excluding carboxylic acids is 3. The van der Waals surface area contributed by atoms with Crippen molar-refractivity contribution in [3.05, 3.63) is 76.4 Å². The van der Waals surface area contributed by atoms with Gasteiger partial charge in [-0.1, -0.05) is 23.7 Å². The number of nitrogens with zero attached hydrogens (tertiary/aromatic N) is 7. The lowest BCUT2D eigenvalue weighted by Crippen LogP contribution is -2.54. The zero-order valence-corrected chi connectivity index (χ0v) is 31.6. The van der Waals surface area contributed by atoms with E-state index in [1.54, 1.807) is 0 Å². The molecule has 2 atom stereocenters. The Morgan fingerprint density at radius 2 is 1.81 bits per heavy atom. The predicted octanol–water partition coefficient (Wildman–Crippen LogP) is 5.06. The van der Waals surface area contributed by atoms with Crippen molar-refractivity contribution >= 4 is 46.5 Å². The minimum Gasteiger partial charge on any atom is -0.374 e. The average Bonchev–Trinajstić information content (AvgIpc) is 3.49. The van der Waals surface area contributed by atoms with Crippen LogP contribution < -0.4 is 20.4 Å². The van der Waals surface area contributed by atoms with Crippen molar-refractivity contribution in [2.24, 2.45) is 11.3 Å². The van der Waals surface area contributed by atoms with E-state index in [-0.39, 0.29) is 29.2 Å². The third kappa shape index (κ3) is 7.62. The normalized spacial score (nSPS) is 23.6. The average molecular weight is 750 g/mol. The third-order valence-corrected chi connectivity index (χ3v) is 12.8. The van der Waals surface area contributed by atoms with Gasteiger partial charge in [-0.05, 0) is 118 Å². The van der Waals surface area contributed by atoms with Gasteiger partial charge in [0.1, 0.15) is 12.1 Å². The van der Waals surface area contributed by atoms with Gasteiger partial charge in [0.2, 0.25) is 11.8 Å². The zero-order valence-electron chi connectivity index (χ0n) is 30.8. The van der Waals surface area contributed by atoms with Crippen LogP contribution in [0.25, 0.3) is 0 Å². The second kappa shape index (κ2) is 15.2. The van der Waals surface area contributed by atoms with E-state index in [9.17, 15) is 19.6 Å². The summed E-state index contributed by atoms with van der Waals surface area (Å²) in [5.41, 5.74) is 4.42. The molecule has 0 unspecified atom stereocenters. The number of halogens is 1. The Balaban J connectivity index is 0.764. The fourth-order valence-corrected chi connectivity index (χ4v) is 9.58. The lowest BCUT2D eigenvalue weighted by Gasteiger charge is -2.43. The Morgan fingerprint density at radius 3 is 2.52 bits per heavy atom. The van der Waals surface area contributed by atoms with E-state index < -0.39 is 0 Å².